The van der Waals surface area contributed by atoms with Crippen LogP contribution in [0.2, 0.25) is 0 Å². The van der Waals surface area contributed by atoms with Gasteiger partial charge in [-0.2, -0.15) is 0 Å². The van der Waals surface area contributed by atoms with Crippen LogP contribution in [0.15, 0.2) is 18.2 Å². The van der Waals surface area contributed by atoms with Crippen molar-refractivity contribution in [3.63, 3.8) is 0 Å². The molecule has 0 fully saturated rings. The number of aliphatic hydroxyl groups excluding tert-OH is 1. The Morgan fingerprint density at radius 1 is 1.60 bits per heavy atom. The van der Waals surface area contributed by atoms with Crippen molar-refractivity contribution in [3.8, 4) is 5.88 Å². The number of nitrogens with zero attached hydrogens (tertiary/aromatic N) is 1. The van der Waals surface area contributed by atoms with E-state index < -0.39 is 5.97 Å². The third-order valence-electron chi connectivity index (χ3n) is 1.77. The number of ether oxygens (including phenoxy) is 1. The van der Waals surface area contributed by atoms with Crippen molar-refractivity contribution in [3.05, 3.63) is 23.9 Å². The highest BCUT2D eigenvalue weighted by Gasteiger charge is 2.06. The normalized spacial score (nSPS) is 12.1. The molecule has 0 unspecified atom stereocenters. The Labute approximate surface area is 87.3 Å². The number of rotatable bonds is 5. The van der Waals surface area contributed by atoms with E-state index in [0.717, 1.165) is 0 Å². The van der Waals surface area contributed by atoms with Crippen LogP contribution in [0.1, 0.15) is 17.4 Å². The maximum atomic E-state index is 10.6. The summed E-state index contributed by atoms with van der Waals surface area (Å²) in [5.41, 5.74) is -0.0517. The van der Waals surface area contributed by atoms with E-state index in [1.807, 2.05) is 6.92 Å². The van der Waals surface area contributed by atoms with Gasteiger partial charge in [0.2, 0.25) is 5.88 Å². The van der Waals surface area contributed by atoms with Crippen LogP contribution in [-0.2, 0) is 0 Å². The molecule has 1 aromatic heterocycles. The van der Waals surface area contributed by atoms with E-state index in [2.05, 4.69) is 4.98 Å². The van der Waals surface area contributed by atoms with Crippen LogP contribution in [0, 0.1) is 5.92 Å². The van der Waals surface area contributed by atoms with Gasteiger partial charge in [0, 0.05) is 18.6 Å². The SMILES string of the molecule is C[C@@H](CO)COc1cccc(C(=O)O)n1. The lowest BCUT2D eigenvalue weighted by Crippen LogP contribution is -2.13. The molecule has 0 radical (unpaired) electrons. The van der Waals surface area contributed by atoms with Crippen LogP contribution in [0.5, 0.6) is 5.88 Å². The molecule has 1 heterocycles. The minimum Gasteiger partial charge on any atom is -0.477 e. The van der Waals surface area contributed by atoms with E-state index in [9.17, 15) is 4.79 Å². The average Bonchev–Trinajstić information content (AvgIpc) is 2.26. The molecule has 0 aliphatic heterocycles. The number of carbonyl (C=O) groups is 1. The van der Waals surface area contributed by atoms with E-state index in [-0.39, 0.29) is 24.1 Å². The summed E-state index contributed by atoms with van der Waals surface area (Å²) in [4.78, 5) is 14.4. The van der Waals surface area contributed by atoms with Crippen molar-refractivity contribution in [2.75, 3.05) is 13.2 Å². The molecular weight excluding hydrogens is 198 g/mol. The smallest absolute Gasteiger partial charge is 0.354 e. The summed E-state index contributed by atoms with van der Waals surface area (Å²) in [6, 6.07) is 4.54. The summed E-state index contributed by atoms with van der Waals surface area (Å²) in [7, 11) is 0. The second-order valence-electron chi connectivity index (χ2n) is 3.26. The molecule has 0 saturated heterocycles. The second kappa shape index (κ2) is 5.31. The molecule has 2 N–H and O–H groups in total. The number of pyridine rings is 1. The van der Waals surface area contributed by atoms with Crippen molar-refractivity contribution in [2.24, 2.45) is 5.92 Å². The zero-order valence-electron chi connectivity index (χ0n) is 8.38. The minimum absolute atomic E-state index is 0.000263. The quantitative estimate of drug-likeness (QED) is 0.752. The molecule has 0 bridgehead atoms. The summed E-state index contributed by atoms with van der Waals surface area (Å²) >= 11 is 0. The number of hydrogen-bond donors (Lipinski definition) is 2. The Morgan fingerprint density at radius 3 is 2.93 bits per heavy atom. The summed E-state index contributed by atoms with van der Waals surface area (Å²) in [5, 5.41) is 17.4. The maximum Gasteiger partial charge on any atom is 0.354 e. The van der Waals surface area contributed by atoms with E-state index in [1.54, 1.807) is 12.1 Å². The number of carboxylic acids is 1. The Morgan fingerprint density at radius 2 is 2.33 bits per heavy atom. The molecule has 0 aliphatic rings. The Balaban J connectivity index is 2.62. The van der Waals surface area contributed by atoms with Gasteiger partial charge in [-0.05, 0) is 6.07 Å². The summed E-state index contributed by atoms with van der Waals surface area (Å²) < 4.78 is 5.22. The number of carboxylic acid groups (broad SMARTS) is 1. The molecule has 1 atom stereocenters. The first-order valence-electron chi connectivity index (χ1n) is 4.57. The number of aromatic carboxylic acids is 1. The predicted octanol–water partition coefficient (Wildman–Crippen LogP) is 0.787. The van der Waals surface area contributed by atoms with Crippen LogP contribution < -0.4 is 4.74 Å². The van der Waals surface area contributed by atoms with Gasteiger partial charge >= 0.3 is 5.97 Å². The first-order valence-corrected chi connectivity index (χ1v) is 4.57. The minimum atomic E-state index is -1.09. The number of aromatic nitrogens is 1. The van der Waals surface area contributed by atoms with E-state index in [0.29, 0.717) is 6.61 Å². The standard InChI is InChI=1S/C10H13NO4/c1-7(5-12)6-15-9-4-2-3-8(11-9)10(13)14/h2-4,7,12H,5-6H2,1H3,(H,13,14)/t7-/m0/s1. The van der Waals surface area contributed by atoms with Gasteiger partial charge < -0.3 is 14.9 Å². The fraction of sp³-hybridized carbons (Fsp3) is 0.400. The average molecular weight is 211 g/mol. The zero-order valence-corrected chi connectivity index (χ0v) is 8.38. The van der Waals surface area contributed by atoms with Gasteiger partial charge in [-0.25, -0.2) is 9.78 Å². The largest absolute Gasteiger partial charge is 0.477 e. The van der Waals surface area contributed by atoms with Gasteiger partial charge in [-0.15, -0.1) is 0 Å². The van der Waals surface area contributed by atoms with Crippen molar-refractivity contribution in [2.45, 2.75) is 6.92 Å². The molecule has 0 aromatic carbocycles. The highest BCUT2D eigenvalue weighted by atomic mass is 16.5. The van der Waals surface area contributed by atoms with Gasteiger partial charge in [0.15, 0.2) is 5.69 Å². The molecular formula is C10H13NO4. The van der Waals surface area contributed by atoms with Crippen LogP contribution in [0.25, 0.3) is 0 Å². The topological polar surface area (TPSA) is 79.7 Å². The molecule has 0 amide bonds. The fourth-order valence-electron chi connectivity index (χ4n) is 0.895. The van der Waals surface area contributed by atoms with Gasteiger partial charge in [0.25, 0.3) is 0 Å². The van der Waals surface area contributed by atoms with Gasteiger partial charge in [0.1, 0.15) is 0 Å². The maximum absolute atomic E-state index is 10.6. The first kappa shape index (κ1) is 11.5. The molecule has 1 rings (SSSR count). The van der Waals surface area contributed by atoms with Crippen LogP contribution in [-0.4, -0.2) is 34.4 Å². The van der Waals surface area contributed by atoms with Gasteiger partial charge in [-0.1, -0.05) is 13.0 Å². The monoisotopic (exact) mass is 211 g/mol. The molecule has 5 nitrogen and oxygen atoms in total. The van der Waals surface area contributed by atoms with Crippen molar-refractivity contribution >= 4 is 5.97 Å². The molecule has 5 heteroatoms. The van der Waals surface area contributed by atoms with Gasteiger partial charge in [-0.3, -0.25) is 0 Å². The summed E-state index contributed by atoms with van der Waals surface area (Å²) in [5.74, 6) is -0.828. The predicted molar refractivity (Wildman–Crippen MR) is 52.9 cm³/mol. The lowest BCUT2D eigenvalue weighted by Gasteiger charge is -2.09. The highest BCUT2D eigenvalue weighted by Crippen LogP contribution is 2.08. The second-order valence-corrected chi connectivity index (χ2v) is 3.26. The summed E-state index contributed by atoms with van der Waals surface area (Å²) in [6.07, 6.45) is 0. The lowest BCUT2D eigenvalue weighted by atomic mass is 10.2. The van der Waals surface area contributed by atoms with Crippen molar-refractivity contribution in [1.29, 1.82) is 0 Å². The third-order valence-corrected chi connectivity index (χ3v) is 1.77. The highest BCUT2D eigenvalue weighted by molar-refractivity contribution is 5.85. The lowest BCUT2D eigenvalue weighted by molar-refractivity contribution is 0.0688. The molecule has 0 saturated carbocycles. The van der Waals surface area contributed by atoms with Gasteiger partial charge in [0.05, 0.1) is 6.61 Å². The molecule has 0 spiro atoms. The van der Waals surface area contributed by atoms with E-state index in [4.69, 9.17) is 14.9 Å². The molecule has 15 heavy (non-hydrogen) atoms. The Kier molecular flexibility index (Phi) is 4.05. The van der Waals surface area contributed by atoms with E-state index >= 15 is 0 Å². The zero-order chi connectivity index (χ0) is 11.3. The van der Waals surface area contributed by atoms with Crippen LogP contribution in [0.3, 0.4) is 0 Å². The van der Waals surface area contributed by atoms with Crippen LogP contribution >= 0.6 is 0 Å². The molecule has 1 aromatic rings. The molecule has 82 valence electrons. The summed E-state index contributed by atoms with van der Waals surface area (Å²) in [6.45, 7) is 2.16. The first-order chi connectivity index (χ1) is 7.13. The third kappa shape index (κ3) is 3.55. The van der Waals surface area contributed by atoms with E-state index in [1.165, 1.54) is 6.07 Å². The Hall–Kier alpha value is -1.62. The van der Waals surface area contributed by atoms with Crippen molar-refractivity contribution < 1.29 is 19.7 Å². The number of aliphatic hydroxyl groups is 1. The fourth-order valence-corrected chi connectivity index (χ4v) is 0.895. The Bertz CT molecular complexity index is 340. The van der Waals surface area contributed by atoms with Crippen molar-refractivity contribution in [1.82, 2.24) is 4.98 Å². The van der Waals surface area contributed by atoms with Crippen LogP contribution in [0.4, 0.5) is 0 Å². The number of hydrogen-bond acceptors (Lipinski definition) is 4. The molecule has 0 aliphatic carbocycles.